The molecule has 144 valence electrons. The number of carbonyl (C=O) groups excluding carboxylic acids is 1. The molecule has 1 saturated carbocycles. The molecule has 2 aromatic carbocycles. The molecule has 0 heterocycles. The molecular formula is C20H24N2O4S. The monoisotopic (exact) mass is 388 g/mol. The molecule has 6 nitrogen and oxygen atoms in total. The van der Waals surface area contributed by atoms with Crippen molar-refractivity contribution in [1.29, 1.82) is 0 Å². The molecule has 1 fully saturated rings. The van der Waals surface area contributed by atoms with Crippen LogP contribution in [-0.4, -0.2) is 28.0 Å². The average molecular weight is 388 g/mol. The van der Waals surface area contributed by atoms with Gasteiger partial charge in [0, 0.05) is 12.5 Å². The molecule has 0 saturated heterocycles. The van der Waals surface area contributed by atoms with E-state index >= 15 is 0 Å². The maximum atomic E-state index is 13.2. The Balaban J connectivity index is 1.95. The van der Waals surface area contributed by atoms with Gasteiger partial charge in [-0.25, -0.2) is 8.42 Å². The summed E-state index contributed by atoms with van der Waals surface area (Å²) in [6.45, 7) is 2.08. The maximum Gasteiger partial charge on any atom is 0.264 e. The highest BCUT2D eigenvalue weighted by Crippen LogP contribution is 2.33. The Morgan fingerprint density at radius 2 is 1.89 bits per heavy atom. The molecule has 0 aromatic heterocycles. The lowest BCUT2D eigenvalue weighted by atomic mass is 9.85. The second kappa shape index (κ2) is 8.00. The number of amides is 1. The van der Waals surface area contributed by atoms with Gasteiger partial charge in [-0.2, -0.15) is 0 Å². The summed E-state index contributed by atoms with van der Waals surface area (Å²) in [5.74, 6) is 0.334. The minimum atomic E-state index is -3.77. The molecule has 1 N–H and O–H groups in total. The quantitative estimate of drug-likeness (QED) is 0.786. The number of nitrogens with zero attached hydrogens (tertiary/aromatic N) is 1. The van der Waals surface area contributed by atoms with Gasteiger partial charge in [-0.05, 0) is 50.1 Å². The molecule has 7 heteroatoms. The van der Waals surface area contributed by atoms with E-state index in [-0.39, 0.29) is 16.7 Å². The summed E-state index contributed by atoms with van der Waals surface area (Å²) in [5, 5.41) is 2.83. The summed E-state index contributed by atoms with van der Waals surface area (Å²) in [6.07, 6.45) is 2.78. The van der Waals surface area contributed by atoms with Crippen LogP contribution in [0.1, 0.15) is 26.2 Å². The SMILES string of the molecule is CCN(c1ccccc1)S(=O)(=O)c1ccc(OC)c(NC(=O)C2CCC2)c1. The Labute approximate surface area is 160 Å². The fraction of sp³-hybridized carbons (Fsp3) is 0.350. The van der Waals surface area contributed by atoms with Gasteiger partial charge in [-0.15, -0.1) is 0 Å². The van der Waals surface area contributed by atoms with Crippen molar-refractivity contribution in [2.45, 2.75) is 31.1 Å². The highest BCUT2D eigenvalue weighted by molar-refractivity contribution is 7.92. The molecule has 0 unspecified atom stereocenters. The normalized spacial score (nSPS) is 14.3. The number of anilines is 2. The second-order valence-corrected chi connectivity index (χ2v) is 8.35. The molecule has 1 aliphatic rings. The van der Waals surface area contributed by atoms with E-state index in [2.05, 4.69) is 5.32 Å². The van der Waals surface area contributed by atoms with Crippen molar-refractivity contribution in [2.75, 3.05) is 23.3 Å². The number of hydrogen-bond donors (Lipinski definition) is 1. The Bertz CT molecular complexity index is 909. The molecule has 2 aromatic rings. The van der Waals surface area contributed by atoms with Crippen LogP contribution < -0.4 is 14.4 Å². The first-order valence-electron chi connectivity index (χ1n) is 9.04. The zero-order valence-electron chi connectivity index (χ0n) is 15.5. The van der Waals surface area contributed by atoms with Gasteiger partial charge in [0.25, 0.3) is 10.0 Å². The Hall–Kier alpha value is -2.54. The summed E-state index contributed by atoms with van der Waals surface area (Å²) in [5.41, 5.74) is 0.968. The fourth-order valence-corrected chi connectivity index (χ4v) is 4.56. The van der Waals surface area contributed by atoms with E-state index < -0.39 is 10.0 Å². The Morgan fingerprint density at radius 3 is 2.44 bits per heavy atom. The number of hydrogen-bond acceptors (Lipinski definition) is 4. The van der Waals surface area contributed by atoms with Gasteiger partial charge in [0.05, 0.1) is 23.4 Å². The molecule has 27 heavy (non-hydrogen) atoms. The van der Waals surface area contributed by atoms with E-state index in [4.69, 9.17) is 4.74 Å². The van der Waals surface area contributed by atoms with Crippen molar-refractivity contribution in [3.05, 3.63) is 48.5 Å². The smallest absolute Gasteiger partial charge is 0.264 e. The summed E-state index contributed by atoms with van der Waals surface area (Å²) in [6, 6.07) is 13.5. The number of benzene rings is 2. The Morgan fingerprint density at radius 1 is 1.19 bits per heavy atom. The lowest BCUT2D eigenvalue weighted by Crippen LogP contribution is -2.31. The number of carbonyl (C=O) groups is 1. The minimum Gasteiger partial charge on any atom is -0.495 e. The van der Waals surface area contributed by atoms with Crippen LogP contribution in [0.2, 0.25) is 0 Å². The van der Waals surface area contributed by atoms with Crippen molar-refractivity contribution in [3.8, 4) is 5.75 Å². The van der Waals surface area contributed by atoms with Gasteiger partial charge >= 0.3 is 0 Å². The highest BCUT2D eigenvalue weighted by atomic mass is 32.2. The average Bonchev–Trinajstić information content (AvgIpc) is 2.61. The second-order valence-electron chi connectivity index (χ2n) is 6.48. The van der Waals surface area contributed by atoms with Gasteiger partial charge in [0.1, 0.15) is 5.75 Å². The van der Waals surface area contributed by atoms with Crippen LogP contribution in [0.25, 0.3) is 0 Å². The van der Waals surface area contributed by atoms with E-state index in [0.29, 0.717) is 23.7 Å². The third kappa shape index (κ3) is 3.93. The van der Waals surface area contributed by atoms with Crippen LogP contribution in [0.5, 0.6) is 5.75 Å². The number of sulfonamides is 1. The first-order valence-corrected chi connectivity index (χ1v) is 10.5. The molecular weight excluding hydrogens is 364 g/mol. The van der Waals surface area contributed by atoms with Crippen molar-refractivity contribution in [1.82, 2.24) is 0 Å². The minimum absolute atomic E-state index is 0.00794. The first-order chi connectivity index (χ1) is 13.0. The van der Waals surface area contributed by atoms with E-state index in [1.165, 1.54) is 23.5 Å². The van der Waals surface area contributed by atoms with Gasteiger partial charge in [-0.3, -0.25) is 9.10 Å². The lowest BCUT2D eigenvalue weighted by Gasteiger charge is -2.25. The molecule has 1 amide bonds. The van der Waals surface area contributed by atoms with Gasteiger partial charge in [-0.1, -0.05) is 24.6 Å². The largest absolute Gasteiger partial charge is 0.495 e. The van der Waals surface area contributed by atoms with Crippen molar-refractivity contribution in [2.24, 2.45) is 5.92 Å². The predicted octanol–water partition coefficient (Wildman–Crippen LogP) is 3.65. The highest BCUT2D eigenvalue weighted by Gasteiger charge is 2.28. The number of nitrogens with one attached hydrogen (secondary N) is 1. The number of rotatable bonds is 7. The van der Waals surface area contributed by atoms with E-state index in [9.17, 15) is 13.2 Å². The molecule has 0 aliphatic heterocycles. The van der Waals surface area contributed by atoms with E-state index in [1.807, 2.05) is 6.07 Å². The topological polar surface area (TPSA) is 75.7 Å². The van der Waals surface area contributed by atoms with Gasteiger partial charge in [0.2, 0.25) is 5.91 Å². The van der Waals surface area contributed by atoms with Crippen LogP contribution in [0.3, 0.4) is 0 Å². The van der Waals surface area contributed by atoms with Gasteiger partial charge in [0.15, 0.2) is 0 Å². The fourth-order valence-electron chi connectivity index (χ4n) is 3.06. The molecule has 0 atom stereocenters. The van der Waals surface area contributed by atoms with Crippen LogP contribution in [-0.2, 0) is 14.8 Å². The van der Waals surface area contributed by atoms with Crippen LogP contribution >= 0.6 is 0 Å². The van der Waals surface area contributed by atoms with Crippen LogP contribution in [0.4, 0.5) is 11.4 Å². The number of methoxy groups -OCH3 is 1. The summed E-state index contributed by atoms with van der Waals surface area (Å²) < 4.78 is 33.0. The van der Waals surface area contributed by atoms with Crippen LogP contribution in [0, 0.1) is 5.92 Å². The van der Waals surface area contributed by atoms with Crippen molar-refractivity contribution < 1.29 is 17.9 Å². The zero-order valence-corrected chi connectivity index (χ0v) is 16.3. The standard InChI is InChI=1S/C20H24N2O4S/c1-3-22(16-10-5-4-6-11-16)27(24,25)17-12-13-19(26-2)18(14-17)21-20(23)15-8-7-9-15/h4-6,10-15H,3,7-9H2,1-2H3,(H,21,23). The zero-order chi connectivity index (χ0) is 19.4. The molecule has 0 spiro atoms. The lowest BCUT2D eigenvalue weighted by molar-refractivity contribution is -0.122. The number of para-hydroxylation sites is 1. The molecule has 3 rings (SSSR count). The summed E-state index contributed by atoms with van der Waals surface area (Å²) in [7, 11) is -2.28. The molecule has 0 radical (unpaired) electrons. The van der Waals surface area contributed by atoms with Gasteiger partial charge < -0.3 is 10.1 Å². The predicted molar refractivity (Wildman–Crippen MR) is 106 cm³/mol. The summed E-state index contributed by atoms with van der Waals surface area (Å²) in [4.78, 5) is 12.4. The third-order valence-electron chi connectivity index (χ3n) is 4.82. The maximum absolute atomic E-state index is 13.2. The summed E-state index contributed by atoms with van der Waals surface area (Å²) >= 11 is 0. The van der Waals surface area contributed by atoms with Crippen molar-refractivity contribution in [3.63, 3.8) is 0 Å². The number of ether oxygens (including phenoxy) is 1. The Kier molecular flexibility index (Phi) is 5.70. The molecule has 1 aliphatic carbocycles. The molecule has 0 bridgehead atoms. The first kappa shape index (κ1) is 19.2. The van der Waals surface area contributed by atoms with E-state index in [0.717, 1.165) is 19.3 Å². The van der Waals surface area contributed by atoms with Crippen molar-refractivity contribution >= 4 is 27.3 Å². The van der Waals surface area contributed by atoms with E-state index in [1.54, 1.807) is 37.3 Å². The van der Waals surface area contributed by atoms with Crippen LogP contribution in [0.15, 0.2) is 53.4 Å². The third-order valence-corrected chi connectivity index (χ3v) is 6.72.